The van der Waals surface area contributed by atoms with Crippen LogP contribution in [0.25, 0.3) is 0 Å². The molecule has 1 atom stereocenters. The summed E-state index contributed by atoms with van der Waals surface area (Å²) in [6.45, 7) is 5.65. The van der Waals surface area contributed by atoms with Gasteiger partial charge in [-0.15, -0.1) is 11.3 Å². The molecule has 0 aromatic carbocycles. The summed E-state index contributed by atoms with van der Waals surface area (Å²) >= 11 is 1.54. The predicted octanol–water partition coefficient (Wildman–Crippen LogP) is 2.86. The maximum absolute atomic E-state index is 12.4. The molecule has 1 heterocycles. The number of fused-ring (bicyclic) bond motifs is 1. The Hall–Kier alpha value is -1.36. The minimum atomic E-state index is -0.893. The quantitative estimate of drug-likeness (QED) is 0.878. The molecular formula is C15H21NO3S. The first-order chi connectivity index (χ1) is 9.32. The van der Waals surface area contributed by atoms with Crippen LogP contribution in [0.5, 0.6) is 0 Å². The average Bonchev–Trinajstić information content (AvgIpc) is 2.86. The summed E-state index contributed by atoms with van der Waals surface area (Å²) in [5.41, 5.74) is 0.557. The summed E-state index contributed by atoms with van der Waals surface area (Å²) in [6, 6.07) is 1.96. The summed E-state index contributed by atoms with van der Waals surface area (Å²) in [7, 11) is 0. The van der Waals surface area contributed by atoms with Gasteiger partial charge in [0.15, 0.2) is 0 Å². The molecular weight excluding hydrogens is 274 g/mol. The number of carboxylic acids is 1. The molecule has 4 nitrogen and oxygen atoms in total. The van der Waals surface area contributed by atoms with Crippen molar-refractivity contribution in [3.05, 3.63) is 21.4 Å². The Bertz CT molecular complexity index is 514. The molecule has 1 aromatic heterocycles. The largest absolute Gasteiger partial charge is 0.481 e. The Labute approximate surface area is 123 Å². The Balaban J connectivity index is 2.13. The standard InChI is InChI=1S/C15H21NO3S/c1-9(2)15(3,8-13(17)18)16-14(19)12-7-10-5-4-6-11(10)20-12/h7,9H,4-6,8H2,1-3H3,(H,16,19)(H,17,18). The molecule has 20 heavy (non-hydrogen) atoms. The van der Waals surface area contributed by atoms with Crippen molar-refractivity contribution >= 4 is 23.2 Å². The lowest BCUT2D eigenvalue weighted by Crippen LogP contribution is -2.51. The highest BCUT2D eigenvalue weighted by atomic mass is 32.1. The number of carboxylic acid groups (broad SMARTS) is 1. The number of carbonyl (C=O) groups excluding carboxylic acids is 1. The Kier molecular flexibility index (Phi) is 4.18. The van der Waals surface area contributed by atoms with Gasteiger partial charge in [-0.25, -0.2) is 0 Å². The number of aliphatic carboxylic acids is 1. The van der Waals surface area contributed by atoms with Crippen molar-refractivity contribution in [3.8, 4) is 0 Å². The third-order valence-electron chi connectivity index (χ3n) is 4.16. The van der Waals surface area contributed by atoms with Crippen LogP contribution in [0, 0.1) is 5.92 Å². The fraction of sp³-hybridized carbons (Fsp3) is 0.600. The van der Waals surface area contributed by atoms with Gasteiger partial charge in [0.05, 0.1) is 16.8 Å². The smallest absolute Gasteiger partial charge is 0.305 e. The van der Waals surface area contributed by atoms with E-state index in [-0.39, 0.29) is 18.2 Å². The van der Waals surface area contributed by atoms with E-state index in [0.717, 1.165) is 12.8 Å². The van der Waals surface area contributed by atoms with Crippen LogP contribution in [-0.4, -0.2) is 22.5 Å². The van der Waals surface area contributed by atoms with E-state index in [4.69, 9.17) is 5.11 Å². The van der Waals surface area contributed by atoms with Gasteiger partial charge in [-0.05, 0) is 43.7 Å². The fourth-order valence-corrected chi connectivity index (χ4v) is 3.62. The number of nitrogens with one attached hydrogen (secondary N) is 1. The molecule has 0 fully saturated rings. The predicted molar refractivity (Wildman–Crippen MR) is 79.3 cm³/mol. The molecule has 0 spiro atoms. The highest BCUT2D eigenvalue weighted by molar-refractivity contribution is 7.14. The molecule has 1 aliphatic rings. The van der Waals surface area contributed by atoms with Crippen LogP contribution in [-0.2, 0) is 17.6 Å². The highest BCUT2D eigenvalue weighted by Crippen LogP contribution is 2.31. The molecule has 1 amide bonds. The van der Waals surface area contributed by atoms with Gasteiger partial charge in [0.2, 0.25) is 0 Å². The molecule has 110 valence electrons. The SMILES string of the molecule is CC(C)C(C)(CC(=O)O)NC(=O)c1cc2c(s1)CCC2. The van der Waals surface area contributed by atoms with Crippen molar-refractivity contribution in [2.75, 3.05) is 0 Å². The van der Waals surface area contributed by atoms with Gasteiger partial charge in [-0.3, -0.25) is 9.59 Å². The molecule has 1 aromatic rings. The van der Waals surface area contributed by atoms with Crippen LogP contribution < -0.4 is 5.32 Å². The van der Waals surface area contributed by atoms with E-state index < -0.39 is 11.5 Å². The fourth-order valence-electron chi connectivity index (χ4n) is 2.47. The molecule has 2 N–H and O–H groups in total. The number of aryl methyl sites for hydroxylation is 2. The Morgan fingerprint density at radius 3 is 2.70 bits per heavy atom. The minimum absolute atomic E-state index is 0.0503. The van der Waals surface area contributed by atoms with Crippen molar-refractivity contribution in [2.24, 2.45) is 5.92 Å². The lowest BCUT2D eigenvalue weighted by molar-refractivity contribution is -0.138. The van der Waals surface area contributed by atoms with Gasteiger partial charge in [-0.2, -0.15) is 0 Å². The van der Waals surface area contributed by atoms with Crippen LogP contribution in [0.2, 0.25) is 0 Å². The van der Waals surface area contributed by atoms with Crippen LogP contribution in [0.1, 0.15) is 53.7 Å². The van der Waals surface area contributed by atoms with E-state index in [1.54, 1.807) is 18.3 Å². The molecule has 0 bridgehead atoms. The lowest BCUT2D eigenvalue weighted by Gasteiger charge is -2.33. The third kappa shape index (κ3) is 3.03. The molecule has 1 unspecified atom stereocenters. The topological polar surface area (TPSA) is 66.4 Å². The van der Waals surface area contributed by atoms with Crippen LogP contribution in [0.4, 0.5) is 0 Å². The molecule has 5 heteroatoms. The van der Waals surface area contributed by atoms with E-state index in [1.807, 2.05) is 19.9 Å². The van der Waals surface area contributed by atoms with Gasteiger partial charge in [0, 0.05) is 4.88 Å². The van der Waals surface area contributed by atoms with Gasteiger partial charge in [-0.1, -0.05) is 13.8 Å². The number of carbonyl (C=O) groups is 2. The number of rotatable bonds is 5. The Morgan fingerprint density at radius 2 is 2.15 bits per heavy atom. The first kappa shape index (κ1) is 15.0. The van der Waals surface area contributed by atoms with Gasteiger partial charge in [0.25, 0.3) is 5.91 Å². The molecule has 0 saturated carbocycles. The normalized spacial score (nSPS) is 16.8. The van der Waals surface area contributed by atoms with Crippen LogP contribution >= 0.6 is 11.3 Å². The summed E-state index contributed by atoms with van der Waals surface area (Å²) < 4.78 is 0. The van der Waals surface area contributed by atoms with Crippen molar-refractivity contribution in [1.82, 2.24) is 5.32 Å². The average molecular weight is 295 g/mol. The van der Waals surface area contributed by atoms with E-state index in [0.29, 0.717) is 4.88 Å². The second-order valence-electron chi connectivity index (χ2n) is 6.01. The summed E-state index contributed by atoms with van der Waals surface area (Å²) in [6.07, 6.45) is 3.22. The van der Waals surface area contributed by atoms with Crippen LogP contribution in [0.3, 0.4) is 0 Å². The van der Waals surface area contributed by atoms with E-state index in [9.17, 15) is 9.59 Å². The highest BCUT2D eigenvalue weighted by Gasteiger charge is 2.33. The monoisotopic (exact) mass is 295 g/mol. The first-order valence-electron chi connectivity index (χ1n) is 6.98. The molecule has 0 aliphatic heterocycles. The van der Waals surface area contributed by atoms with Crippen molar-refractivity contribution in [1.29, 1.82) is 0 Å². The van der Waals surface area contributed by atoms with Crippen molar-refractivity contribution in [2.45, 2.75) is 52.0 Å². The maximum atomic E-state index is 12.4. The zero-order valence-electron chi connectivity index (χ0n) is 12.2. The minimum Gasteiger partial charge on any atom is -0.481 e. The molecule has 2 rings (SSSR count). The number of amides is 1. The van der Waals surface area contributed by atoms with E-state index >= 15 is 0 Å². The van der Waals surface area contributed by atoms with Crippen molar-refractivity contribution in [3.63, 3.8) is 0 Å². The van der Waals surface area contributed by atoms with Crippen molar-refractivity contribution < 1.29 is 14.7 Å². The molecule has 0 saturated heterocycles. The second kappa shape index (κ2) is 5.56. The van der Waals surface area contributed by atoms with Gasteiger partial charge in [0.1, 0.15) is 0 Å². The van der Waals surface area contributed by atoms with E-state index in [2.05, 4.69) is 5.32 Å². The summed E-state index contributed by atoms with van der Waals surface area (Å²) in [5, 5.41) is 11.9. The lowest BCUT2D eigenvalue weighted by atomic mass is 9.85. The van der Waals surface area contributed by atoms with Gasteiger partial charge < -0.3 is 10.4 Å². The number of hydrogen-bond acceptors (Lipinski definition) is 3. The summed E-state index contributed by atoms with van der Waals surface area (Å²) in [4.78, 5) is 25.4. The first-order valence-corrected chi connectivity index (χ1v) is 7.79. The molecule has 1 aliphatic carbocycles. The van der Waals surface area contributed by atoms with Crippen LogP contribution in [0.15, 0.2) is 6.07 Å². The zero-order chi connectivity index (χ0) is 14.9. The zero-order valence-corrected chi connectivity index (χ0v) is 13.0. The Morgan fingerprint density at radius 1 is 1.45 bits per heavy atom. The molecule has 0 radical (unpaired) electrons. The van der Waals surface area contributed by atoms with Gasteiger partial charge >= 0.3 is 5.97 Å². The second-order valence-corrected chi connectivity index (χ2v) is 7.15. The number of hydrogen-bond donors (Lipinski definition) is 2. The summed E-state index contributed by atoms with van der Waals surface area (Å²) in [5.74, 6) is -0.994. The third-order valence-corrected chi connectivity index (χ3v) is 5.40. The van der Waals surface area contributed by atoms with E-state index in [1.165, 1.54) is 16.9 Å². The number of thiophene rings is 1. The maximum Gasteiger partial charge on any atom is 0.305 e.